The van der Waals surface area contributed by atoms with Gasteiger partial charge in [-0.3, -0.25) is 13.9 Å². The second-order valence-electron chi connectivity index (χ2n) is 6.91. The Kier molecular flexibility index (Phi) is 9.07. The molecular weight excluding hydrogens is 520 g/mol. The molecule has 12 heteroatoms. The summed E-state index contributed by atoms with van der Waals surface area (Å²) in [5, 5.41) is 3.54. The molecule has 7 nitrogen and oxygen atoms in total. The lowest BCUT2D eigenvalue weighted by Gasteiger charge is -2.31. The van der Waals surface area contributed by atoms with E-state index in [4.69, 9.17) is 46.4 Å². The van der Waals surface area contributed by atoms with Gasteiger partial charge in [-0.25, -0.2) is 8.42 Å². The smallest absolute Gasteiger partial charge is 0.244 e. The van der Waals surface area contributed by atoms with Gasteiger partial charge < -0.3 is 10.2 Å². The minimum absolute atomic E-state index is 0.0482. The number of carbonyl (C=O) groups excluding carboxylic acids is 2. The lowest BCUT2D eigenvalue weighted by molar-refractivity contribution is -0.139. The number of rotatable bonds is 8. The van der Waals surface area contributed by atoms with Crippen LogP contribution in [0, 0.1) is 0 Å². The van der Waals surface area contributed by atoms with Gasteiger partial charge in [0.05, 0.1) is 17.0 Å². The molecule has 32 heavy (non-hydrogen) atoms. The molecule has 2 rings (SSSR count). The molecular formula is C20H21Cl4N3O4S. The summed E-state index contributed by atoms with van der Waals surface area (Å²) in [5.74, 6) is -1.08. The van der Waals surface area contributed by atoms with E-state index in [0.29, 0.717) is 15.6 Å². The van der Waals surface area contributed by atoms with E-state index in [-0.39, 0.29) is 22.3 Å². The summed E-state index contributed by atoms with van der Waals surface area (Å²) in [5.41, 5.74) is 0.582. The van der Waals surface area contributed by atoms with E-state index in [1.54, 1.807) is 12.1 Å². The van der Waals surface area contributed by atoms with Gasteiger partial charge in [-0.2, -0.15) is 0 Å². The topological polar surface area (TPSA) is 86.8 Å². The van der Waals surface area contributed by atoms with Crippen molar-refractivity contribution in [3.8, 4) is 0 Å². The van der Waals surface area contributed by atoms with Gasteiger partial charge in [0.2, 0.25) is 21.8 Å². The highest BCUT2D eigenvalue weighted by molar-refractivity contribution is 7.92. The largest absolute Gasteiger partial charge is 0.357 e. The van der Waals surface area contributed by atoms with Crippen LogP contribution in [0.25, 0.3) is 0 Å². The molecule has 0 bridgehead atoms. The molecule has 2 amide bonds. The van der Waals surface area contributed by atoms with E-state index in [9.17, 15) is 18.0 Å². The summed E-state index contributed by atoms with van der Waals surface area (Å²) in [6, 6.07) is 8.10. The molecule has 0 saturated heterocycles. The summed E-state index contributed by atoms with van der Waals surface area (Å²) in [6.07, 6.45) is 0.945. The Hall–Kier alpha value is -1.71. The first-order valence-corrected chi connectivity index (χ1v) is 12.6. The monoisotopic (exact) mass is 539 g/mol. The molecule has 0 heterocycles. The van der Waals surface area contributed by atoms with Crippen LogP contribution in [0.1, 0.15) is 12.5 Å². The van der Waals surface area contributed by atoms with Gasteiger partial charge in [0, 0.05) is 28.7 Å². The first-order valence-electron chi connectivity index (χ1n) is 9.23. The molecule has 0 aliphatic carbocycles. The van der Waals surface area contributed by atoms with Crippen LogP contribution >= 0.6 is 46.4 Å². The van der Waals surface area contributed by atoms with Crippen LogP contribution in [0.3, 0.4) is 0 Å². The number of sulfonamides is 1. The van der Waals surface area contributed by atoms with Gasteiger partial charge in [-0.15, -0.1) is 0 Å². The standard InChI is InChI=1S/C20H21Cl4N3O4S/c1-12(20(29)25-2)26(10-13-4-5-14(21)8-17(13)24)19(28)11-27(32(3,30)31)18-9-15(22)6-7-16(18)23/h4-9,12H,10-11H2,1-3H3,(H,25,29). The minimum atomic E-state index is -3.93. The van der Waals surface area contributed by atoms with Crippen LogP contribution in [0.2, 0.25) is 20.1 Å². The predicted octanol–water partition coefficient (Wildman–Crippen LogP) is 4.23. The maximum atomic E-state index is 13.3. The van der Waals surface area contributed by atoms with E-state index < -0.39 is 34.4 Å². The first kappa shape index (κ1) is 26.5. The van der Waals surface area contributed by atoms with Crippen LogP contribution in [-0.4, -0.2) is 51.0 Å². The van der Waals surface area contributed by atoms with Crippen molar-refractivity contribution in [2.75, 3.05) is 24.2 Å². The molecule has 174 valence electrons. The zero-order valence-corrected chi connectivity index (χ0v) is 21.2. The van der Waals surface area contributed by atoms with Gasteiger partial charge in [0.15, 0.2) is 0 Å². The summed E-state index contributed by atoms with van der Waals surface area (Å²) >= 11 is 24.4. The Morgan fingerprint density at radius 1 is 1.00 bits per heavy atom. The maximum absolute atomic E-state index is 13.3. The molecule has 2 aromatic rings. The highest BCUT2D eigenvalue weighted by Crippen LogP contribution is 2.31. The van der Waals surface area contributed by atoms with E-state index in [1.807, 2.05) is 0 Å². The van der Waals surface area contributed by atoms with Crippen molar-refractivity contribution < 1.29 is 18.0 Å². The zero-order valence-electron chi connectivity index (χ0n) is 17.4. The second-order valence-corrected chi connectivity index (χ2v) is 10.5. The average molecular weight is 541 g/mol. The molecule has 0 aliphatic heterocycles. The number of amides is 2. The Morgan fingerprint density at radius 2 is 1.59 bits per heavy atom. The molecule has 0 radical (unpaired) electrons. The predicted molar refractivity (Wildman–Crippen MR) is 129 cm³/mol. The van der Waals surface area contributed by atoms with Crippen molar-refractivity contribution in [3.05, 3.63) is 62.1 Å². The normalized spacial score (nSPS) is 12.2. The van der Waals surface area contributed by atoms with Crippen LogP contribution < -0.4 is 9.62 Å². The molecule has 1 N–H and O–H groups in total. The van der Waals surface area contributed by atoms with Gasteiger partial charge in [-0.1, -0.05) is 52.5 Å². The van der Waals surface area contributed by atoms with Crippen LogP contribution in [0.5, 0.6) is 0 Å². The summed E-state index contributed by atoms with van der Waals surface area (Å²) < 4.78 is 25.8. The van der Waals surface area contributed by atoms with Gasteiger partial charge >= 0.3 is 0 Å². The number of carbonyl (C=O) groups is 2. The number of nitrogens with zero attached hydrogens (tertiary/aromatic N) is 2. The molecule has 0 saturated carbocycles. The molecule has 0 fully saturated rings. The highest BCUT2D eigenvalue weighted by Gasteiger charge is 2.31. The number of anilines is 1. The highest BCUT2D eigenvalue weighted by atomic mass is 35.5. The van der Waals surface area contributed by atoms with E-state index in [2.05, 4.69) is 5.32 Å². The van der Waals surface area contributed by atoms with Crippen molar-refractivity contribution in [3.63, 3.8) is 0 Å². The third-order valence-corrected chi connectivity index (χ3v) is 6.89. The van der Waals surface area contributed by atoms with E-state index >= 15 is 0 Å². The zero-order chi connectivity index (χ0) is 24.2. The van der Waals surface area contributed by atoms with E-state index in [1.165, 1.54) is 43.1 Å². The summed E-state index contributed by atoms with van der Waals surface area (Å²) in [6.45, 7) is 0.868. The number of nitrogens with one attached hydrogen (secondary N) is 1. The Balaban J connectivity index is 2.46. The first-order chi connectivity index (χ1) is 14.8. The molecule has 1 atom stereocenters. The minimum Gasteiger partial charge on any atom is -0.357 e. The Morgan fingerprint density at radius 3 is 2.16 bits per heavy atom. The van der Waals surface area contributed by atoms with Crippen LogP contribution in [0.15, 0.2) is 36.4 Å². The van der Waals surface area contributed by atoms with Crippen molar-refractivity contribution in [1.29, 1.82) is 0 Å². The van der Waals surface area contributed by atoms with E-state index in [0.717, 1.165) is 10.6 Å². The van der Waals surface area contributed by atoms with Gasteiger partial charge in [0.25, 0.3) is 0 Å². The molecule has 0 aromatic heterocycles. The quantitative estimate of drug-likeness (QED) is 0.542. The number of halogens is 4. The molecule has 2 aromatic carbocycles. The fourth-order valence-corrected chi connectivity index (χ4v) is 4.65. The number of hydrogen-bond donors (Lipinski definition) is 1. The van der Waals surface area contributed by atoms with Crippen molar-refractivity contribution in [1.82, 2.24) is 10.2 Å². The molecule has 1 unspecified atom stereocenters. The fraction of sp³-hybridized carbons (Fsp3) is 0.300. The van der Waals surface area contributed by atoms with Crippen molar-refractivity contribution in [2.45, 2.75) is 19.5 Å². The van der Waals surface area contributed by atoms with Gasteiger partial charge in [-0.05, 0) is 42.8 Å². The second kappa shape index (κ2) is 10.9. The number of benzene rings is 2. The number of likely N-dealkylation sites (N-methyl/N-ethyl adjacent to an activating group) is 1. The van der Waals surface area contributed by atoms with Crippen molar-refractivity contribution in [2.24, 2.45) is 0 Å². The Bertz CT molecular complexity index is 1130. The number of hydrogen-bond acceptors (Lipinski definition) is 4. The maximum Gasteiger partial charge on any atom is 0.244 e. The SMILES string of the molecule is CNC(=O)C(C)N(Cc1ccc(Cl)cc1Cl)C(=O)CN(c1cc(Cl)ccc1Cl)S(C)(=O)=O. The van der Waals surface area contributed by atoms with Crippen LogP contribution in [-0.2, 0) is 26.2 Å². The summed E-state index contributed by atoms with van der Waals surface area (Å²) in [4.78, 5) is 26.8. The van der Waals surface area contributed by atoms with Gasteiger partial charge in [0.1, 0.15) is 12.6 Å². The average Bonchev–Trinajstić information content (AvgIpc) is 2.71. The van der Waals surface area contributed by atoms with Crippen molar-refractivity contribution >= 4 is 73.9 Å². The summed E-state index contributed by atoms with van der Waals surface area (Å²) in [7, 11) is -2.49. The lowest BCUT2D eigenvalue weighted by atomic mass is 10.1. The van der Waals surface area contributed by atoms with Crippen LogP contribution in [0.4, 0.5) is 5.69 Å². The third kappa shape index (κ3) is 6.65. The Labute approximate surface area is 207 Å². The third-order valence-electron chi connectivity index (χ3n) is 4.63. The molecule has 0 spiro atoms. The fourth-order valence-electron chi connectivity index (χ4n) is 2.90. The lowest BCUT2D eigenvalue weighted by Crippen LogP contribution is -2.50. The molecule has 0 aliphatic rings.